The molecule has 4 N–H and O–H groups in total. The Morgan fingerprint density at radius 1 is 1.00 bits per heavy atom. The van der Waals surface area contributed by atoms with Crippen molar-refractivity contribution in [3.05, 3.63) is 77.9 Å². The van der Waals surface area contributed by atoms with Crippen LogP contribution >= 0.6 is 0 Å². The first-order valence-electron chi connectivity index (χ1n) is 10.7. The number of nitrogens with zero attached hydrogens (tertiary/aromatic N) is 1. The fourth-order valence-corrected chi connectivity index (χ4v) is 5.82. The van der Waals surface area contributed by atoms with E-state index in [1.165, 1.54) is 4.90 Å². The number of piperidine rings is 1. The fraction of sp³-hybridized carbons (Fsp3) is 0.292. The van der Waals surface area contributed by atoms with E-state index in [4.69, 9.17) is 10.8 Å². The molecule has 0 spiro atoms. The van der Waals surface area contributed by atoms with Crippen molar-refractivity contribution in [3.8, 4) is 0 Å². The van der Waals surface area contributed by atoms with Crippen molar-refractivity contribution in [3.63, 3.8) is 0 Å². The Morgan fingerprint density at radius 2 is 1.62 bits per heavy atom. The van der Waals surface area contributed by atoms with Crippen LogP contribution in [0.2, 0.25) is 0 Å². The third-order valence-electron chi connectivity index (χ3n) is 5.99. The van der Waals surface area contributed by atoms with E-state index in [9.17, 15) is 13.2 Å². The second-order valence-electron chi connectivity index (χ2n) is 8.16. The summed E-state index contributed by atoms with van der Waals surface area (Å²) in [5, 5.41) is 10.5. The Bertz CT molecular complexity index is 1210. The molecule has 0 saturated carbocycles. The summed E-state index contributed by atoms with van der Waals surface area (Å²) in [7, 11) is -3.78. The molecule has 32 heavy (non-hydrogen) atoms. The number of hydrogen-bond donors (Lipinski definition) is 3. The van der Waals surface area contributed by atoms with Crippen LogP contribution in [0.3, 0.4) is 0 Å². The monoisotopic (exact) mass is 453 g/mol. The number of benzene rings is 3. The van der Waals surface area contributed by atoms with Crippen molar-refractivity contribution in [1.29, 1.82) is 0 Å². The molecule has 0 bridgehead atoms. The predicted octanol–water partition coefficient (Wildman–Crippen LogP) is 3.50. The zero-order valence-electron chi connectivity index (χ0n) is 17.6. The van der Waals surface area contributed by atoms with Crippen LogP contribution in [0.1, 0.15) is 30.0 Å². The average Bonchev–Trinajstić information content (AvgIpc) is 2.79. The van der Waals surface area contributed by atoms with Crippen molar-refractivity contribution in [1.82, 2.24) is 9.62 Å². The van der Waals surface area contributed by atoms with E-state index in [1.54, 1.807) is 18.2 Å². The second-order valence-corrected chi connectivity index (χ2v) is 9.84. The lowest BCUT2D eigenvalue weighted by molar-refractivity contribution is 0.131. The van der Waals surface area contributed by atoms with E-state index in [0.29, 0.717) is 37.7 Å². The van der Waals surface area contributed by atoms with Gasteiger partial charge in [-0.05, 0) is 41.8 Å². The molecule has 0 radical (unpaired) electrons. The third kappa shape index (κ3) is 4.77. The quantitative estimate of drug-likeness (QED) is 0.529. The Hall–Kier alpha value is -2.94. The SMILES string of the molecule is NC(Cc1ccccc1)c1ccc(S(=O)(=O)NC2CCN(C(=O)O)CC2)c2ccccc12. The lowest BCUT2D eigenvalue weighted by Gasteiger charge is -2.30. The van der Waals surface area contributed by atoms with Gasteiger partial charge in [-0.1, -0.05) is 60.7 Å². The lowest BCUT2D eigenvalue weighted by atomic mass is 9.95. The van der Waals surface area contributed by atoms with Gasteiger partial charge in [-0.25, -0.2) is 17.9 Å². The van der Waals surface area contributed by atoms with Gasteiger partial charge in [0.05, 0.1) is 4.90 Å². The number of fused-ring (bicyclic) bond motifs is 1. The zero-order chi connectivity index (χ0) is 22.7. The highest BCUT2D eigenvalue weighted by atomic mass is 32.2. The summed E-state index contributed by atoms with van der Waals surface area (Å²) >= 11 is 0. The fourth-order valence-electron chi connectivity index (χ4n) is 4.30. The molecule has 1 fully saturated rings. The molecule has 0 aliphatic carbocycles. The molecule has 1 amide bonds. The summed E-state index contributed by atoms with van der Waals surface area (Å²) in [4.78, 5) is 12.6. The standard InChI is InChI=1S/C24H27N3O4S/c25-22(16-17-6-2-1-3-7-17)20-10-11-23(21-9-5-4-8-19(20)21)32(30,31)26-18-12-14-27(15-13-18)24(28)29/h1-11,18,22,26H,12-16,25H2,(H,28,29). The summed E-state index contributed by atoms with van der Waals surface area (Å²) in [6.45, 7) is 0.632. The van der Waals surface area contributed by atoms with Gasteiger partial charge in [0.25, 0.3) is 0 Å². The molecule has 1 aliphatic rings. The normalized spacial score (nSPS) is 16.2. The third-order valence-corrected chi connectivity index (χ3v) is 7.57. The predicted molar refractivity (Wildman–Crippen MR) is 124 cm³/mol. The van der Waals surface area contributed by atoms with E-state index >= 15 is 0 Å². The molecule has 8 heteroatoms. The van der Waals surface area contributed by atoms with E-state index in [0.717, 1.165) is 16.5 Å². The molecule has 1 aliphatic heterocycles. The molecule has 4 rings (SSSR count). The van der Waals surface area contributed by atoms with Crippen molar-refractivity contribution in [2.24, 2.45) is 5.73 Å². The van der Waals surface area contributed by atoms with Crippen molar-refractivity contribution in [2.75, 3.05) is 13.1 Å². The highest BCUT2D eigenvalue weighted by Crippen LogP contribution is 2.30. The number of rotatable bonds is 6. The van der Waals surface area contributed by atoms with Crippen molar-refractivity contribution < 1.29 is 18.3 Å². The van der Waals surface area contributed by atoms with Crippen LogP contribution in [0.4, 0.5) is 4.79 Å². The molecule has 1 heterocycles. The van der Waals surface area contributed by atoms with Gasteiger partial charge in [-0.3, -0.25) is 0 Å². The molecule has 168 valence electrons. The Balaban J connectivity index is 1.60. The van der Waals surface area contributed by atoms with E-state index in [1.807, 2.05) is 48.5 Å². The van der Waals surface area contributed by atoms with Gasteiger partial charge in [-0.2, -0.15) is 0 Å². The molecule has 1 saturated heterocycles. The van der Waals surface area contributed by atoms with Crippen LogP contribution in [0.15, 0.2) is 71.6 Å². The molecule has 3 aromatic rings. The first-order valence-corrected chi connectivity index (χ1v) is 12.1. The van der Waals surface area contributed by atoms with Crippen molar-refractivity contribution in [2.45, 2.75) is 36.2 Å². The van der Waals surface area contributed by atoms with Crippen LogP contribution in [-0.2, 0) is 16.4 Å². The van der Waals surface area contributed by atoms with Gasteiger partial charge >= 0.3 is 6.09 Å². The number of nitrogens with two attached hydrogens (primary N) is 1. The zero-order valence-corrected chi connectivity index (χ0v) is 18.5. The lowest BCUT2D eigenvalue weighted by Crippen LogP contribution is -2.46. The number of likely N-dealkylation sites (tertiary alicyclic amines) is 1. The second kappa shape index (κ2) is 9.28. The molecule has 1 unspecified atom stereocenters. The van der Waals surface area contributed by atoms with E-state index < -0.39 is 16.1 Å². The maximum absolute atomic E-state index is 13.2. The molecular weight excluding hydrogens is 426 g/mol. The Labute approximate surface area is 187 Å². The summed E-state index contributed by atoms with van der Waals surface area (Å²) in [6.07, 6.45) is 0.573. The number of sulfonamides is 1. The number of hydrogen-bond acceptors (Lipinski definition) is 4. The Morgan fingerprint density at radius 3 is 2.28 bits per heavy atom. The first kappa shape index (κ1) is 22.3. The highest BCUT2D eigenvalue weighted by Gasteiger charge is 2.28. The highest BCUT2D eigenvalue weighted by molar-refractivity contribution is 7.89. The molecular formula is C24H27N3O4S. The van der Waals surface area contributed by atoms with Gasteiger partial charge in [0.15, 0.2) is 0 Å². The van der Waals surface area contributed by atoms with Gasteiger partial charge < -0.3 is 15.7 Å². The minimum absolute atomic E-state index is 0.212. The van der Waals surface area contributed by atoms with Gasteiger partial charge in [0.1, 0.15) is 0 Å². The molecule has 0 aromatic heterocycles. The average molecular weight is 454 g/mol. The molecule has 7 nitrogen and oxygen atoms in total. The molecule has 3 aromatic carbocycles. The van der Waals surface area contributed by atoms with E-state index in [-0.39, 0.29) is 17.0 Å². The summed E-state index contributed by atoms with van der Waals surface area (Å²) in [5.41, 5.74) is 8.54. The maximum atomic E-state index is 13.2. The van der Waals surface area contributed by atoms with E-state index in [2.05, 4.69) is 4.72 Å². The maximum Gasteiger partial charge on any atom is 0.407 e. The van der Waals surface area contributed by atoms with Crippen LogP contribution < -0.4 is 10.5 Å². The van der Waals surface area contributed by atoms with Crippen LogP contribution in [0, 0.1) is 0 Å². The molecule has 1 atom stereocenters. The van der Waals surface area contributed by atoms with Crippen LogP contribution in [0.25, 0.3) is 10.8 Å². The largest absolute Gasteiger partial charge is 0.465 e. The number of nitrogens with one attached hydrogen (secondary N) is 1. The minimum atomic E-state index is -3.78. The summed E-state index contributed by atoms with van der Waals surface area (Å²) < 4.78 is 29.2. The number of amides is 1. The van der Waals surface area contributed by atoms with Crippen molar-refractivity contribution >= 4 is 26.9 Å². The van der Waals surface area contributed by atoms with Gasteiger partial charge in [0.2, 0.25) is 10.0 Å². The van der Waals surface area contributed by atoms with Crippen LogP contribution in [-0.4, -0.2) is 43.6 Å². The van der Waals surface area contributed by atoms with Gasteiger partial charge in [-0.15, -0.1) is 0 Å². The minimum Gasteiger partial charge on any atom is -0.465 e. The summed E-state index contributed by atoms with van der Waals surface area (Å²) in [5.74, 6) is 0. The van der Waals surface area contributed by atoms with Crippen LogP contribution in [0.5, 0.6) is 0 Å². The topological polar surface area (TPSA) is 113 Å². The smallest absolute Gasteiger partial charge is 0.407 e. The number of carboxylic acid groups (broad SMARTS) is 1. The Kier molecular flexibility index (Phi) is 6.45. The van der Waals surface area contributed by atoms with Gasteiger partial charge in [0, 0.05) is 30.6 Å². The first-order chi connectivity index (χ1) is 15.3. The summed E-state index contributed by atoms with van der Waals surface area (Å²) in [6, 6.07) is 20.2. The number of carbonyl (C=O) groups is 1.